The Morgan fingerprint density at radius 2 is 1.76 bits per heavy atom. The number of carbonyl (C=O) groups is 1. The fraction of sp³-hybridized carbons (Fsp3) is 0. The highest BCUT2D eigenvalue weighted by Crippen LogP contribution is 2.04. The van der Waals surface area contributed by atoms with Crippen molar-refractivity contribution < 1.29 is 4.79 Å². The minimum absolute atomic E-state index is 0.260. The normalized spacial score (nSPS) is 9.71. The van der Waals surface area contributed by atoms with Crippen molar-refractivity contribution in [3.63, 3.8) is 0 Å². The molecule has 5 nitrogen and oxygen atoms in total. The number of hydrogen-bond donors (Lipinski definition) is 2. The number of hydrazine groups is 1. The van der Waals surface area contributed by atoms with Gasteiger partial charge in [-0.05, 0) is 12.1 Å². The van der Waals surface area contributed by atoms with Crippen LogP contribution < -0.4 is 10.9 Å². The molecular formula is C11H9ClN4O. The van der Waals surface area contributed by atoms with E-state index in [1.165, 1.54) is 12.4 Å². The number of nitrogens with one attached hydrogen (secondary N) is 2. The van der Waals surface area contributed by atoms with Crippen LogP contribution in [0.3, 0.4) is 0 Å². The molecule has 0 aliphatic carbocycles. The third kappa shape index (κ3) is 3.15. The first-order chi connectivity index (χ1) is 8.25. The molecule has 2 aromatic rings. The van der Waals surface area contributed by atoms with E-state index < -0.39 is 0 Å². The molecule has 0 aliphatic heterocycles. The number of rotatable bonds is 3. The first-order valence-electron chi connectivity index (χ1n) is 4.84. The molecule has 17 heavy (non-hydrogen) atoms. The predicted octanol–water partition coefficient (Wildman–Crippen LogP) is 1.89. The summed E-state index contributed by atoms with van der Waals surface area (Å²) in [6, 6.07) is 8.83. The number of amides is 1. The molecular weight excluding hydrogens is 240 g/mol. The Labute approximate surface area is 103 Å². The van der Waals surface area contributed by atoms with Crippen LogP contribution in [0.2, 0.25) is 5.02 Å². The summed E-state index contributed by atoms with van der Waals surface area (Å²) in [6.45, 7) is 0. The molecule has 0 saturated heterocycles. The standard InChI is InChI=1S/C11H9ClN4O/c12-9-6-13-11(14-7-9)16-15-10(17)8-4-2-1-3-5-8/h1-7H,(H,15,17)(H,13,14,16). The topological polar surface area (TPSA) is 66.9 Å². The second-order valence-electron chi connectivity index (χ2n) is 3.17. The lowest BCUT2D eigenvalue weighted by molar-refractivity contribution is 0.0962. The number of aromatic nitrogens is 2. The molecule has 1 amide bonds. The summed E-state index contributed by atoms with van der Waals surface area (Å²) in [6.07, 6.45) is 2.87. The molecule has 1 heterocycles. The molecule has 0 aliphatic rings. The van der Waals surface area contributed by atoms with Gasteiger partial charge in [-0.2, -0.15) is 0 Å². The summed E-state index contributed by atoms with van der Waals surface area (Å²) in [5, 5.41) is 0.435. The molecule has 2 N–H and O–H groups in total. The van der Waals surface area contributed by atoms with Gasteiger partial charge in [-0.3, -0.25) is 15.6 Å². The van der Waals surface area contributed by atoms with E-state index in [1.807, 2.05) is 6.07 Å². The Kier molecular flexibility index (Phi) is 3.52. The minimum Gasteiger partial charge on any atom is -0.267 e. The van der Waals surface area contributed by atoms with Crippen LogP contribution in [0, 0.1) is 0 Å². The Morgan fingerprint density at radius 3 is 2.41 bits per heavy atom. The molecule has 2 rings (SSSR count). The van der Waals surface area contributed by atoms with Crippen molar-refractivity contribution in [1.29, 1.82) is 0 Å². The maximum Gasteiger partial charge on any atom is 0.269 e. The van der Waals surface area contributed by atoms with Gasteiger partial charge in [0.15, 0.2) is 0 Å². The summed E-state index contributed by atoms with van der Waals surface area (Å²) in [4.78, 5) is 19.4. The van der Waals surface area contributed by atoms with Crippen molar-refractivity contribution in [2.24, 2.45) is 0 Å². The van der Waals surface area contributed by atoms with Gasteiger partial charge in [0, 0.05) is 5.56 Å². The zero-order chi connectivity index (χ0) is 12.1. The third-order valence-electron chi connectivity index (χ3n) is 1.94. The highest BCUT2D eigenvalue weighted by Gasteiger charge is 2.03. The van der Waals surface area contributed by atoms with E-state index >= 15 is 0 Å². The molecule has 0 bridgehead atoms. The van der Waals surface area contributed by atoms with Crippen LogP contribution in [0.4, 0.5) is 5.95 Å². The lowest BCUT2D eigenvalue weighted by Crippen LogP contribution is -2.30. The summed E-state index contributed by atoms with van der Waals surface area (Å²) < 4.78 is 0. The molecule has 86 valence electrons. The second-order valence-corrected chi connectivity index (χ2v) is 3.61. The van der Waals surface area contributed by atoms with Crippen LogP contribution in [0.1, 0.15) is 10.4 Å². The number of anilines is 1. The average Bonchev–Trinajstić information content (AvgIpc) is 2.39. The van der Waals surface area contributed by atoms with Gasteiger partial charge in [0.2, 0.25) is 5.95 Å². The minimum atomic E-state index is -0.260. The van der Waals surface area contributed by atoms with E-state index in [4.69, 9.17) is 11.6 Å². The van der Waals surface area contributed by atoms with E-state index in [0.717, 1.165) is 0 Å². The van der Waals surface area contributed by atoms with Gasteiger partial charge in [-0.25, -0.2) is 9.97 Å². The van der Waals surface area contributed by atoms with Crippen LogP contribution in [0.5, 0.6) is 0 Å². The van der Waals surface area contributed by atoms with E-state index in [1.54, 1.807) is 24.3 Å². The van der Waals surface area contributed by atoms with Crippen molar-refractivity contribution in [2.75, 3.05) is 5.43 Å². The molecule has 1 aromatic heterocycles. The molecule has 0 fully saturated rings. The quantitative estimate of drug-likeness (QED) is 0.814. The fourth-order valence-electron chi connectivity index (χ4n) is 1.15. The summed E-state index contributed by atoms with van der Waals surface area (Å²) in [5.74, 6) is 0.0165. The van der Waals surface area contributed by atoms with Crippen molar-refractivity contribution in [2.45, 2.75) is 0 Å². The first kappa shape index (κ1) is 11.3. The number of halogens is 1. The van der Waals surface area contributed by atoms with Crippen molar-refractivity contribution in [3.05, 3.63) is 53.3 Å². The molecule has 1 aromatic carbocycles. The van der Waals surface area contributed by atoms with Crippen molar-refractivity contribution >= 4 is 23.5 Å². The SMILES string of the molecule is O=C(NNc1ncc(Cl)cn1)c1ccccc1. The zero-order valence-corrected chi connectivity index (χ0v) is 9.48. The van der Waals surface area contributed by atoms with Gasteiger partial charge in [-0.1, -0.05) is 29.8 Å². The van der Waals surface area contributed by atoms with Gasteiger partial charge in [0.25, 0.3) is 5.91 Å². The number of carbonyl (C=O) groups excluding carboxylic acids is 1. The summed E-state index contributed by atoms with van der Waals surface area (Å²) >= 11 is 5.63. The maximum absolute atomic E-state index is 11.6. The van der Waals surface area contributed by atoms with Gasteiger partial charge in [-0.15, -0.1) is 0 Å². The number of benzene rings is 1. The van der Waals surface area contributed by atoms with Crippen LogP contribution >= 0.6 is 11.6 Å². The molecule has 0 unspecified atom stereocenters. The molecule has 0 spiro atoms. The van der Waals surface area contributed by atoms with Crippen molar-refractivity contribution in [3.8, 4) is 0 Å². The summed E-state index contributed by atoms with van der Waals surface area (Å²) in [7, 11) is 0. The molecule has 0 radical (unpaired) electrons. The van der Waals surface area contributed by atoms with E-state index in [2.05, 4.69) is 20.8 Å². The average molecular weight is 249 g/mol. The predicted molar refractivity (Wildman–Crippen MR) is 64.6 cm³/mol. The second kappa shape index (κ2) is 5.27. The van der Waals surface area contributed by atoms with Crippen LogP contribution in [0.15, 0.2) is 42.7 Å². The van der Waals surface area contributed by atoms with Crippen LogP contribution in [-0.4, -0.2) is 15.9 Å². The number of nitrogens with zero attached hydrogens (tertiary/aromatic N) is 2. The highest BCUT2D eigenvalue weighted by atomic mass is 35.5. The lowest BCUT2D eigenvalue weighted by Gasteiger charge is -2.06. The van der Waals surface area contributed by atoms with Gasteiger partial charge >= 0.3 is 0 Å². The Balaban J connectivity index is 1.95. The third-order valence-corrected chi connectivity index (χ3v) is 2.14. The first-order valence-corrected chi connectivity index (χ1v) is 5.22. The van der Waals surface area contributed by atoms with Crippen LogP contribution in [-0.2, 0) is 0 Å². The number of hydrogen-bond acceptors (Lipinski definition) is 4. The fourth-order valence-corrected chi connectivity index (χ4v) is 1.25. The van der Waals surface area contributed by atoms with E-state index in [-0.39, 0.29) is 11.9 Å². The Bertz CT molecular complexity index is 501. The van der Waals surface area contributed by atoms with E-state index in [0.29, 0.717) is 10.6 Å². The van der Waals surface area contributed by atoms with E-state index in [9.17, 15) is 4.79 Å². The zero-order valence-electron chi connectivity index (χ0n) is 8.72. The molecule has 6 heteroatoms. The van der Waals surface area contributed by atoms with Gasteiger partial charge in [0.05, 0.1) is 17.4 Å². The van der Waals surface area contributed by atoms with Crippen molar-refractivity contribution in [1.82, 2.24) is 15.4 Å². The summed E-state index contributed by atoms with van der Waals surface area (Å²) in [5.41, 5.74) is 5.62. The Hall–Kier alpha value is -2.14. The largest absolute Gasteiger partial charge is 0.269 e. The maximum atomic E-state index is 11.6. The molecule has 0 saturated carbocycles. The Morgan fingerprint density at radius 1 is 1.12 bits per heavy atom. The smallest absolute Gasteiger partial charge is 0.267 e. The highest BCUT2D eigenvalue weighted by molar-refractivity contribution is 6.30. The molecule has 0 atom stereocenters. The monoisotopic (exact) mass is 248 g/mol. The van der Waals surface area contributed by atoms with Gasteiger partial charge < -0.3 is 0 Å². The van der Waals surface area contributed by atoms with Gasteiger partial charge in [0.1, 0.15) is 0 Å². The lowest BCUT2D eigenvalue weighted by atomic mass is 10.2. The van der Waals surface area contributed by atoms with Crippen LogP contribution in [0.25, 0.3) is 0 Å².